The van der Waals surface area contributed by atoms with Crippen molar-refractivity contribution in [2.24, 2.45) is 0 Å². The van der Waals surface area contributed by atoms with E-state index in [4.69, 9.17) is 10.00 Å². The molecule has 0 unspecified atom stereocenters. The maximum atomic E-state index is 11.2. The first-order valence-corrected chi connectivity index (χ1v) is 5.82. The first-order valence-electron chi connectivity index (χ1n) is 5.82. The van der Waals surface area contributed by atoms with Gasteiger partial charge in [0.05, 0.1) is 5.56 Å². The lowest BCUT2D eigenvalue weighted by Crippen LogP contribution is -1.94. The summed E-state index contributed by atoms with van der Waals surface area (Å²) in [5, 5.41) is 9.05. The number of nitriles is 1. The molecular formula is C16H12NO2. The van der Waals surface area contributed by atoms with Gasteiger partial charge in [0.15, 0.2) is 5.78 Å². The fourth-order valence-electron chi connectivity index (χ4n) is 1.69. The van der Waals surface area contributed by atoms with Crippen LogP contribution in [0.15, 0.2) is 36.4 Å². The SMILES string of the molecule is CC(=O)c1ccc(Oc2c(C)[c]ccc2C#N)cc1. The zero-order chi connectivity index (χ0) is 13.8. The lowest BCUT2D eigenvalue weighted by Gasteiger charge is -2.10. The number of carbonyl (C=O) groups excluding carboxylic acids is 1. The summed E-state index contributed by atoms with van der Waals surface area (Å²) in [5.74, 6) is 1.10. The van der Waals surface area contributed by atoms with Gasteiger partial charge in [-0.2, -0.15) is 5.26 Å². The van der Waals surface area contributed by atoms with Crippen molar-refractivity contribution in [1.82, 2.24) is 0 Å². The summed E-state index contributed by atoms with van der Waals surface area (Å²) in [7, 11) is 0. The van der Waals surface area contributed by atoms with Gasteiger partial charge >= 0.3 is 0 Å². The molecular weight excluding hydrogens is 238 g/mol. The molecule has 0 atom stereocenters. The molecule has 0 aliphatic rings. The largest absolute Gasteiger partial charge is 0.456 e. The van der Waals surface area contributed by atoms with Crippen molar-refractivity contribution in [3.8, 4) is 17.6 Å². The van der Waals surface area contributed by atoms with Crippen LogP contribution in [0.3, 0.4) is 0 Å². The van der Waals surface area contributed by atoms with Gasteiger partial charge in [0.25, 0.3) is 0 Å². The zero-order valence-corrected chi connectivity index (χ0v) is 10.7. The molecule has 0 bridgehead atoms. The van der Waals surface area contributed by atoms with Crippen LogP contribution in [0.1, 0.15) is 28.4 Å². The van der Waals surface area contributed by atoms with E-state index in [2.05, 4.69) is 12.1 Å². The topological polar surface area (TPSA) is 50.1 Å². The summed E-state index contributed by atoms with van der Waals surface area (Å²) in [6.45, 7) is 3.35. The normalized spacial score (nSPS) is 9.74. The second-order valence-corrected chi connectivity index (χ2v) is 4.14. The second kappa shape index (κ2) is 5.36. The molecule has 0 fully saturated rings. The Balaban J connectivity index is 2.32. The molecule has 1 radical (unpaired) electrons. The lowest BCUT2D eigenvalue weighted by atomic mass is 10.1. The van der Waals surface area contributed by atoms with Crippen LogP contribution < -0.4 is 4.74 Å². The number of ether oxygens (including phenoxy) is 1. The molecule has 19 heavy (non-hydrogen) atoms. The van der Waals surface area contributed by atoms with E-state index in [9.17, 15) is 4.79 Å². The van der Waals surface area contributed by atoms with Gasteiger partial charge < -0.3 is 4.74 Å². The van der Waals surface area contributed by atoms with Crippen LogP contribution >= 0.6 is 0 Å². The van der Waals surface area contributed by atoms with E-state index in [1.807, 2.05) is 6.92 Å². The number of benzene rings is 2. The molecule has 3 heteroatoms. The number of hydrogen-bond donors (Lipinski definition) is 0. The van der Waals surface area contributed by atoms with Gasteiger partial charge in [-0.1, -0.05) is 6.07 Å². The van der Waals surface area contributed by atoms with Crippen LogP contribution in [-0.4, -0.2) is 5.78 Å². The monoisotopic (exact) mass is 250 g/mol. The summed E-state index contributed by atoms with van der Waals surface area (Å²) in [6.07, 6.45) is 0. The highest BCUT2D eigenvalue weighted by molar-refractivity contribution is 5.94. The number of ketones is 1. The molecule has 0 spiro atoms. The molecule has 2 rings (SSSR count). The van der Waals surface area contributed by atoms with Crippen LogP contribution in [-0.2, 0) is 0 Å². The third-order valence-electron chi connectivity index (χ3n) is 2.74. The van der Waals surface area contributed by atoms with Crippen molar-refractivity contribution in [3.63, 3.8) is 0 Å². The van der Waals surface area contributed by atoms with Gasteiger partial charge in [0.1, 0.15) is 17.6 Å². The Labute approximate surface area is 112 Å². The predicted molar refractivity (Wildman–Crippen MR) is 71.3 cm³/mol. The molecule has 2 aromatic rings. The van der Waals surface area contributed by atoms with Crippen molar-refractivity contribution >= 4 is 5.78 Å². The number of nitrogens with zero attached hydrogens (tertiary/aromatic N) is 1. The molecule has 0 aliphatic heterocycles. The third-order valence-corrected chi connectivity index (χ3v) is 2.74. The number of Topliss-reactive ketones (excluding diaryl/α,β-unsaturated/α-hetero) is 1. The fourth-order valence-corrected chi connectivity index (χ4v) is 1.69. The Hall–Kier alpha value is -2.60. The standard InChI is InChI=1S/C16H12NO2/c1-11-4-3-5-14(10-17)16(11)19-15-8-6-13(7-9-15)12(2)18/h3,5-9H,1-2H3. The molecule has 93 valence electrons. The van der Waals surface area contributed by atoms with Crippen molar-refractivity contribution in [2.75, 3.05) is 0 Å². The van der Waals surface area contributed by atoms with E-state index in [1.165, 1.54) is 6.92 Å². The number of rotatable bonds is 3. The van der Waals surface area contributed by atoms with E-state index in [0.717, 1.165) is 5.56 Å². The van der Waals surface area contributed by atoms with Gasteiger partial charge in [-0.05, 0) is 50.2 Å². The smallest absolute Gasteiger partial charge is 0.159 e. The van der Waals surface area contributed by atoms with Crippen LogP contribution in [0.4, 0.5) is 0 Å². The van der Waals surface area contributed by atoms with Gasteiger partial charge in [-0.25, -0.2) is 0 Å². The van der Waals surface area contributed by atoms with Crippen molar-refractivity contribution in [1.29, 1.82) is 5.26 Å². The minimum atomic E-state index is 0.00786. The average Bonchev–Trinajstić information content (AvgIpc) is 2.41. The molecule has 0 heterocycles. The third kappa shape index (κ3) is 2.80. The average molecular weight is 250 g/mol. The second-order valence-electron chi connectivity index (χ2n) is 4.14. The molecule has 0 aromatic heterocycles. The Morgan fingerprint density at radius 2 is 1.95 bits per heavy atom. The van der Waals surface area contributed by atoms with Crippen LogP contribution in [0, 0.1) is 24.3 Å². The highest BCUT2D eigenvalue weighted by Crippen LogP contribution is 2.28. The molecule has 0 saturated carbocycles. The molecule has 0 N–H and O–H groups in total. The van der Waals surface area contributed by atoms with Crippen LogP contribution in [0.25, 0.3) is 0 Å². The van der Waals surface area contributed by atoms with Gasteiger partial charge in [0, 0.05) is 11.1 Å². The molecule has 0 amide bonds. The van der Waals surface area contributed by atoms with E-state index in [0.29, 0.717) is 22.6 Å². The zero-order valence-electron chi connectivity index (χ0n) is 10.7. The summed E-state index contributed by atoms with van der Waals surface area (Å²) in [5.41, 5.74) is 1.87. The minimum absolute atomic E-state index is 0.00786. The Morgan fingerprint density at radius 3 is 2.53 bits per heavy atom. The first kappa shape index (κ1) is 12.8. The summed E-state index contributed by atoms with van der Waals surface area (Å²) in [6, 6.07) is 15.3. The van der Waals surface area contributed by atoms with Crippen molar-refractivity contribution in [3.05, 3.63) is 59.2 Å². The summed E-state index contributed by atoms with van der Waals surface area (Å²) in [4.78, 5) is 11.2. The van der Waals surface area contributed by atoms with Crippen molar-refractivity contribution < 1.29 is 9.53 Å². The fraction of sp³-hybridized carbons (Fsp3) is 0.125. The van der Waals surface area contributed by atoms with E-state index in [-0.39, 0.29) is 5.78 Å². The minimum Gasteiger partial charge on any atom is -0.456 e. The molecule has 2 aromatic carbocycles. The van der Waals surface area contributed by atoms with Crippen LogP contribution in [0.5, 0.6) is 11.5 Å². The van der Waals surface area contributed by atoms with Crippen LogP contribution in [0.2, 0.25) is 0 Å². The Bertz CT molecular complexity index is 651. The number of carbonyl (C=O) groups is 1. The Kier molecular flexibility index (Phi) is 3.63. The van der Waals surface area contributed by atoms with E-state index in [1.54, 1.807) is 36.4 Å². The van der Waals surface area contributed by atoms with E-state index < -0.39 is 0 Å². The highest BCUT2D eigenvalue weighted by atomic mass is 16.5. The first-order chi connectivity index (χ1) is 9.11. The molecule has 0 saturated heterocycles. The number of aryl methyl sites for hydroxylation is 1. The van der Waals surface area contributed by atoms with Gasteiger partial charge in [0.2, 0.25) is 0 Å². The van der Waals surface area contributed by atoms with E-state index >= 15 is 0 Å². The Morgan fingerprint density at radius 1 is 1.26 bits per heavy atom. The summed E-state index contributed by atoms with van der Waals surface area (Å²) >= 11 is 0. The lowest BCUT2D eigenvalue weighted by molar-refractivity contribution is 0.101. The van der Waals surface area contributed by atoms with Gasteiger partial charge in [-0.15, -0.1) is 0 Å². The quantitative estimate of drug-likeness (QED) is 0.781. The summed E-state index contributed by atoms with van der Waals surface area (Å²) < 4.78 is 5.70. The molecule has 3 nitrogen and oxygen atoms in total. The maximum absolute atomic E-state index is 11.2. The number of hydrogen-bond acceptors (Lipinski definition) is 3. The van der Waals surface area contributed by atoms with Crippen molar-refractivity contribution in [2.45, 2.75) is 13.8 Å². The molecule has 0 aliphatic carbocycles. The maximum Gasteiger partial charge on any atom is 0.159 e. The van der Waals surface area contributed by atoms with Gasteiger partial charge in [-0.3, -0.25) is 4.79 Å². The predicted octanol–water partition coefficient (Wildman–Crippen LogP) is 3.66. The highest BCUT2D eigenvalue weighted by Gasteiger charge is 2.08.